The standard InChI is InChI=1S/C16H35NO4/c1-15(2)17-6-7-18-8-9-19-10-11-20-12-13-21-14-16(3,4)5/h15,17H,6-14H2,1-5H3. The molecule has 0 unspecified atom stereocenters. The van der Waals surface area contributed by atoms with E-state index in [1.165, 1.54) is 0 Å². The summed E-state index contributed by atoms with van der Waals surface area (Å²) in [7, 11) is 0. The fourth-order valence-corrected chi connectivity index (χ4v) is 1.46. The van der Waals surface area contributed by atoms with Gasteiger partial charge in [0.15, 0.2) is 0 Å². The molecule has 1 N–H and O–H groups in total. The molecule has 0 radical (unpaired) electrons. The van der Waals surface area contributed by atoms with E-state index in [4.69, 9.17) is 18.9 Å². The van der Waals surface area contributed by atoms with Gasteiger partial charge < -0.3 is 24.3 Å². The molecule has 0 bridgehead atoms. The maximum Gasteiger partial charge on any atom is 0.0701 e. The molecule has 5 nitrogen and oxygen atoms in total. The van der Waals surface area contributed by atoms with Crippen LogP contribution in [-0.2, 0) is 18.9 Å². The molecule has 0 aliphatic rings. The van der Waals surface area contributed by atoms with Crippen LogP contribution < -0.4 is 5.32 Å². The lowest BCUT2D eigenvalue weighted by molar-refractivity contribution is -0.0107. The molecule has 21 heavy (non-hydrogen) atoms. The summed E-state index contributed by atoms with van der Waals surface area (Å²) in [6, 6.07) is 0.509. The highest BCUT2D eigenvalue weighted by atomic mass is 16.6. The Morgan fingerprint density at radius 1 is 0.714 bits per heavy atom. The molecular formula is C16H35NO4. The number of hydrogen-bond acceptors (Lipinski definition) is 5. The van der Waals surface area contributed by atoms with Crippen molar-refractivity contribution in [2.75, 3.05) is 59.4 Å². The maximum atomic E-state index is 5.51. The molecule has 0 saturated heterocycles. The quantitative estimate of drug-likeness (QED) is 0.498. The van der Waals surface area contributed by atoms with Crippen molar-refractivity contribution in [1.29, 1.82) is 0 Å². The van der Waals surface area contributed by atoms with E-state index in [1.807, 2.05) is 0 Å². The van der Waals surface area contributed by atoms with Gasteiger partial charge in [0.1, 0.15) is 0 Å². The molecule has 0 heterocycles. The van der Waals surface area contributed by atoms with Crippen LogP contribution >= 0.6 is 0 Å². The normalized spacial score (nSPS) is 12.3. The van der Waals surface area contributed by atoms with Gasteiger partial charge in [0.05, 0.1) is 52.9 Å². The second-order valence-electron chi connectivity index (χ2n) is 6.56. The highest BCUT2D eigenvalue weighted by Gasteiger charge is 2.09. The van der Waals surface area contributed by atoms with E-state index in [0.29, 0.717) is 45.7 Å². The SMILES string of the molecule is CC(C)NCCOCCOCCOCCOCC(C)(C)C. The molecule has 0 aliphatic carbocycles. The zero-order chi connectivity index (χ0) is 16.0. The van der Waals surface area contributed by atoms with Crippen molar-refractivity contribution in [2.45, 2.75) is 40.7 Å². The van der Waals surface area contributed by atoms with E-state index < -0.39 is 0 Å². The molecule has 0 fully saturated rings. The fraction of sp³-hybridized carbons (Fsp3) is 1.00. The van der Waals surface area contributed by atoms with Crippen LogP contribution in [0.2, 0.25) is 0 Å². The number of rotatable bonds is 14. The van der Waals surface area contributed by atoms with Crippen LogP contribution in [0.5, 0.6) is 0 Å². The summed E-state index contributed by atoms with van der Waals surface area (Å²) in [4.78, 5) is 0. The Kier molecular flexibility index (Phi) is 13.3. The molecular weight excluding hydrogens is 270 g/mol. The summed E-state index contributed by atoms with van der Waals surface area (Å²) >= 11 is 0. The molecule has 0 aromatic carbocycles. The van der Waals surface area contributed by atoms with Gasteiger partial charge in [0.25, 0.3) is 0 Å². The van der Waals surface area contributed by atoms with Crippen LogP contribution in [0.15, 0.2) is 0 Å². The highest BCUT2D eigenvalue weighted by Crippen LogP contribution is 2.12. The van der Waals surface area contributed by atoms with Crippen molar-refractivity contribution >= 4 is 0 Å². The van der Waals surface area contributed by atoms with Crippen molar-refractivity contribution in [3.63, 3.8) is 0 Å². The van der Waals surface area contributed by atoms with Gasteiger partial charge in [-0.15, -0.1) is 0 Å². The van der Waals surface area contributed by atoms with Crippen molar-refractivity contribution in [3.8, 4) is 0 Å². The van der Waals surface area contributed by atoms with Crippen molar-refractivity contribution in [3.05, 3.63) is 0 Å². The smallest absolute Gasteiger partial charge is 0.0701 e. The molecule has 0 atom stereocenters. The first-order valence-electron chi connectivity index (χ1n) is 7.96. The van der Waals surface area contributed by atoms with Crippen LogP contribution in [0.1, 0.15) is 34.6 Å². The van der Waals surface area contributed by atoms with Crippen molar-refractivity contribution < 1.29 is 18.9 Å². The van der Waals surface area contributed by atoms with Gasteiger partial charge in [-0.25, -0.2) is 0 Å². The Hall–Kier alpha value is -0.200. The summed E-state index contributed by atoms with van der Waals surface area (Å²) in [5.41, 5.74) is 0.216. The van der Waals surface area contributed by atoms with E-state index >= 15 is 0 Å². The van der Waals surface area contributed by atoms with Crippen LogP contribution in [-0.4, -0.2) is 65.4 Å². The Morgan fingerprint density at radius 3 is 1.57 bits per heavy atom. The number of hydrogen-bond donors (Lipinski definition) is 1. The first kappa shape index (κ1) is 20.8. The molecule has 0 aromatic rings. The third-order valence-electron chi connectivity index (χ3n) is 2.45. The minimum absolute atomic E-state index is 0.216. The molecule has 0 saturated carbocycles. The Morgan fingerprint density at radius 2 is 1.14 bits per heavy atom. The summed E-state index contributed by atoms with van der Waals surface area (Å²) in [6.07, 6.45) is 0. The largest absolute Gasteiger partial charge is 0.379 e. The van der Waals surface area contributed by atoms with Crippen LogP contribution in [0.4, 0.5) is 0 Å². The third kappa shape index (κ3) is 19.8. The summed E-state index contributed by atoms with van der Waals surface area (Å²) in [5, 5.41) is 3.29. The van der Waals surface area contributed by atoms with E-state index in [1.54, 1.807) is 0 Å². The number of nitrogens with one attached hydrogen (secondary N) is 1. The zero-order valence-electron chi connectivity index (χ0n) is 14.6. The molecule has 0 aliphatic heterocycles. The molecule has 128 valence electrons. The average Bonchev–Trinajstić information content (AvgIpc) is 2.37. The summed E-state index contributed by atoms with van der Waals surface area (Å²) in [5.74, 6) is 0. The molecule has 5 heteroatoms. The second-order valence-corrected chi connectivity index (χ2v) is 6.56. The predicted octanol–water partition coefficient (Wildman–Crippen LogP) is 2.10. The lowest BCUT2D eigenvalue weighted by atomic mass is 9.99. The Bertz CT molecular complexity index is 217. The van der Waals surface area contributed by atoms with Gasteiger partial charge in [0, 0.05) is 12.6 Å². The van der Waals surface area contributed by atoms with Gasteiger partial charge in [-0.1, -0.05) is 34.6 Å². The third-order valence-corrected chi connectivity index (χ3v) is 2.45. The van der Waals surface area contributed by atoms with Gasteiger partial charge in [0.2, 0.25) is 0 Å². The van der Waals surface area contributed by atoms with Crippen molar-refractivity contribution in [2.24, 2.45) is 5.41 Å². The average molecular weight is 305 g/mol. The monoisotopic (exact) mass is 305 g/mol. The Balaban J connectivity index is 3.03. The van der Waals surface area contributed by atoms with Crippen LogP contribution in [0.3, 0.4) is 0 Å². The van der Waals surface area contributed by atoms with E-state index in [9.17, 15) is 0 Å². The van der Waals surface area contributed by atoms with Gasteiger partial charge in [-0.3, -0.25) is 0 Å². The highest BCUT2D eigenvalue weighted by molar-refractivity contribution is 4.58. The van der Waals surface area contributed by atoms with Gasteiger partial charge >= 0.3 is 0 Å². The van der Waals surface area contributed by atoms with Crippen LogP contribution in [0, 0.1) is 5.41 Å². The van der Waals surface area contributed by atoms with Crippen molar-refractivity contribution in [1.82, 2.24) is 5.32 Å². The lowest BCUT2D eigenvalue weighted by Gasteiger charge is -2.17. The first-order chi connectivity index (χ1) is 9.92. The summed E-state index contributed by atoms with van der Waals surface area (Å²) < 4.78 is 21.8. The fourth-order valence-electron chi connectivity index (χ4n) is 1.46. The minimum Gasteiger partial charge on any atom is -0.379 e. The zero-order valence-corrected chi connectivity index (χ0v) is 14.6. The Labute approximate surface area is 130 Å². The second kappa shape index (κ2) is 13.5. The molecule has 0 spiro atoms. The lowest BCUT2D eigenvalue weighted by Crippen LogP contribution is -2.27. The van der Waals surface area contributed by atoms with E-state index in [2.05, 4.69) is 39.9 Å². The number of ether oxygens (including phenoxy) is 4. The first-order valence-corrected chi connectivity index (χ1v) is 7.96. The predicted molar refractivity (Wildman–Crippen MR) is 85.9 cm³/mol. The van der Waals surface area contributed by atoms with Crippen LogP contribution in [0.25, 0.3) is 0 Å². The molecule has 0 rings (SSSR count). The van der Waals surface area contributed by atoms with E-state index in [-0.39, 0.29) is 5.41 Å². The summed E-state index contributed by atoms with van der Waals surface area (Å²) in [6.45, 7) is 16.8. The minimum atomic E-state index is 0.216. The maximum absolute atomic E-state index is 5.51. The van der Waals surface area contributed by atoms with E-state index in [0.717, 1.165) is 19.8 Å². The van der Waals surface area contributed by atoms with Gasteiger partial charge in [-0.05, 0) is 5.41 Å². The topological polar surface area (TPSA) is 49.0 Å². The molecule has 0 aromatic heterocycles. The molecule has 0 amide bonds. The van der Waals surface area contributed by atoms with Gasteiger partial charge in [-0.2, -0.15) is 0 Å².